The van der Waals surface area contributed by atoms with Crippen molar-refractivity contribution >= 4 is 26.7 Å². The summed E-state index contributed by atoms with van der Waals surface area (Å²) < 4.78 is 6.36. The van der Waals surface area contributed by atoms with Gasteiger partial charge in [-0.1, -0.05) is 24.3 Å². The molecule has 0 amide bonds. The molecule has 0 N–H and O–H groups in total. The molecule has 0 heterocycles. The van der Waals surface area contributed by atoms with E-state index in [0.29, 0.717) is 0 Å². The Morgan fingerprint density at radius 3 is 2.57 bits per heavy atom. The molecule has 72 valence electrons. The van der Waals surface area contributed by atoms with Crippen molar-refractivity contribution in [2.45, 2.75) is 6.92 Å². The highest BCUT2D eigenvalue weighted by atomic mass is 79.9. The maximum absolute atomic E-state index is 5.37. The van der Waals surface area contributed by atoms with Gasteiger partial charge in [0.1, 0.15) is 5.75 Å². The number of halogens is 1. The molecule has 2 rings (SSSR count). The lowest BCUT2D eigenvalue weighted by Crippen LogP contribution is -1.87. The van der Waals surface area contributed by atoms with Gasteiger partial charge in [-0.05, 0) is 39.9 Å². The number of fused-ring (bicyclic) bond motifs is 1. The maximum Gasteiger partial charge on any atom is 0.140 e. The van der Waals surface area contributed by atoms with Crippen molar-refractivity contribution < 1.29 is 4.74 Å². The first kappa shape index (κ1) is 9.53. The van der Waals surface area contributed by atoms with Gasteiger partial charge in [-0.3, -0.25) is 0 Å². The van der Waals surface area contributed by atoms with E-state index in [1.807, 2.05) is 12.1 Å². The molecule has 0 aliphatic rings. The molecular formula is C12H11BrO. The Morgan fingerprint density at radius 1 is 1.07 bits per heavy atom. The van der Waals surface area contributed by atoms with E-state index >= 15 is 0 Å². The summed E-state index contributed by atoms with van der Waals surface area (Å²) in [5, 5.41) is 2.40. The highest BCUT2D eigenvalue weighted by Crippen LogP contribution is 2.34. The van der Waals surface area contributed by atoms with Crippen molar-refractivity contribution in [1.29, 1.82) is 0 Å². The number of ether oxygens (including phenoxy) is 1. The summed E-state index contributed by atoms with van der Waals surface area (Å²) in [7, 11) is 1.70. The summed E-state index contributed by atoms with van der Waals surface area (Å²) in [6, 6.07) is 10.4. The van der Waals surface area contributed by atoms with Gasteiger partial charge in [0, 0.05) is 5.39 Å². The van der Waals surface area contributed by atoms with Gasteiger partial charge >= 0.3 is 0 Å². The highest BCUT2D eigenvalue weighted by Gasteiger charge is 2.06. The molecule has 2 heteroatoms. The van der Waals surface area contributed by atoms with Crippen LogP contribution in [-0.4, -0.2) is 7.11 Å². The summed E-state index contributed by atoms with van der Waals surface area (Å²) in [6.45, 7) is 2.11. The minimum absolute atomic E-state index is 0.909. The molecule has 0 bridgehead atoms. The topological polar surface area (TPSA) is 9.23 Å². The quantitative estimate of drug-likeness (QED) is 0.746. The van der Waals surface area contributed by atoms with Crippen molar-refractivity contribution in [3.05, 3.63) is 40.4 Å². The number of rotatable bonds is 1. The van der Waals surface area contributed by atoms with Gasteiger partial charge in [0.25, 0.3) is 0 Å². The number of benzene rings is 2. The fourth-order valence-electron chi connectivity index (χ4n) is 1.67. The second-order valence-corrected chi connectivity index (χ2v) is 4.11. The maximum atomic E-state index is 5.37. The fraction of sp³-hybridized carbons (Fsp3) is 0.167. The Labute approximate surface area is 91.8 Å². The zero-order valence-electron chi connectivity index (χ0n) is 8.17. The van der Waals surface area contributed by atoms with E-state index in [4.69, 9.17) is 4.74 Å². The van der Waals surface area contributed by atoms with E-state index in [1.165, 1.54) is 10.9 Å². The van der Waals surface area contributed by atoms with Crippen LogP contribution in [0.5, 0.6) is 5.75 Å². The minimum atomic E-state index is 0.909. The lowest BCUT2D eigenvalue weighted by Gasteiger charge is -2.09. The number of hydrogen-bond acceptors (Lipinski definition) is 1. The lowest BCUT2D eigenvalue weighted by molar-refractivity contribution is 0.417. The van der Waals surface area contributed by atoms with Crippen LogP contribution in [0.15, 0.2) is 34.8 Å². The van der Waals surface area contributed by atoms with Crippen molar-refractivity contribution in [3.63, 3.8) is 0 Å². The first-order chi connectivity index (χ1) is 6.74. The molecular weight excluding hydrogens is 240 g/mol. The molecule has 0 fully saturated rings. The monoisotopic (exact) mass is 250 g/mol. The van der Waals surface area contributed by atoms with Crippen LogP contribution in [0.2, 0.25) is 0 Å². The van der Waals surface area contributed by atoms with Gasteiger partial charge in [0.2, 0.25) is 0 Å². The summed E-state index contributed by atoms with van der Waals surface area (Å²) in [6.07, 6.45) is 0. The van der Waals surface area contributed by atoms with Crippen molar-refractivity contribution in [1.82, 2.24) is 0 Å². The van der Waals surface area contributed by atoms with Gasteiger partial charge in [-0.15, -0.1) is 0 Å². The third-order valence-corrected chi connectivity index (χ3v) is 3.01. The van der Waals surface area contributed by atoms with Crippen LogP contribution in [0.4, 0.5) is 0 Å². The highest BCUT2D eigenvalue weighted by molar-refractivity contribution is 9.10. The van der Waals surface area contributed by atoms with Gasteiger partial charge in [-0.2, -0.15) is 0 Å². The van der Waals surface area contributed by atoms with Gasteiger partial charge < -0.3 is 4.74 Å². The minimum Gasteiger partial charge on any atom is -0.495 e. The molecule has 0 unspecified atom stereocenters. The fourth-order valence-corrected chi connectivity index (χ4v) is 2.18. The first-order valence-electron chi connectivity index (χ1n) is 4.46. The third kappa shape index (κ3) is 1.40. The summed E-state index contributed by atoms with van der Waals surface area (Å²) in [4.78, 5) is 0. The van der Waals surface area contributed by atoms with Gasteiger partial charge in [0.05, 0.1) is 11.6 Å². The van der Waals surface area contributed by atoms with Crippen molar-refractivity contribution in [2.75, 3.05) is 7.11 Å². The Bertz CT molecular complexity index is 477. The van der Waals surface area contributed by atoms with E-state index in [-0.39, 0.29) is 0 Å². The molecule has 2 aromatic rings. The predicted molar refractivity (Wildman–Crippen MR) is 62.9 cm³/mol. The molecule has 0 saturated carbocycles. The SMILES string of the molecule is COc1c(Br)ccc2c(C)cccc12. The Kier molecular flexibility index (Phi) is 2.46. The molecule has 0 aromatic heterocycles. The first-order valence-corrected chi connectivity index (χ1v) is 5.25. The molecule has 0 spiro atoms. The van der Waals surface area contributed by atoms with Gasteiger partial charge in [-0.25, -0.2) is 0 Å². The molecule has 0 aliphatic carbocycles. The summed E-state index contributed by atoms with van der Waals surface area (Å²) in [5.74, 6) is 0.909. The molecule has 0 saturated heterocycles. The van der Waals surface area contributed by atoms with E-state index in [9.17, 15) is 0 Å². The Hall–Kier alpha value is -1.02. The molecule has 14 heavy (non-hydrogen) atoms. The van der Waals surface area contributed by atoms with Crippen LogP contribution < -0.4 is 4.74 Å². The van der Waals surface area contributed by atoms with E-state index in [1.54, 1.807) is 7.11 Å². The van der Waals surface area contributed by atoms with Crippen LogP contribution in [0.3, 0.4) is 0 Å². The third-order valence-electron chi connectivity index (χ3n) is 2.39. The second-order valence-electron chi connectivity index (χ2n) is 3.25. The van der Waals surface area contributed by atoms with Crippen LogP contribution >= 0.6 is 15.9 Å². The molecule has 2 aromatic carbocycles. The summed E-state index contributed by atoms with van der Waals surface area (Å²) >= 11 is 3.48. The van der Waals surface area contributed by atoms with Crippen LogP contribution in [0.25, 0.3) is 10.8 Å². The lowest BCUT2D eigenvalue weighted by atomic mass is 10.1. The standard InChI is InChI=1S/C12H11BrO/c1-8-4-3-5-10-9(8)6-7-11(13)12(10)14-2/h3-7H,1-2H3. The largest absolute Gasteiger partial charge is 0.495 e. The Morgan fingerprint density at radius 2 is 1.86 bits per heavy atom. The Balaban J connectivity index is 2.88. The smallest absolute Gasteiger partial charge is 0.140 e. The van der Waals surface area contributed by atoms with E-state index in [0.717, 1.165) is 15.6 Å². The van der Waals surface area contributed by atoms with Crippen LogP contribution in [-0.2, 0) is 0 Å². The molecule has 0 aliphatic heterocycles. The van der Waals surface area contributed by atoms with E-state index < -0.39 is 0 Å². The number of methoxy groups -OCH3 is 1. The molecule has 0 atom stereocenters. The van der Waals surface area contributed by atoms with Crippen molar-refractivity contribution in [3.8, 4) is 5.75 Å². The average Bonchev–Trinajstić information content (AvgIpc) is 2.18. The predicted octanol–water partition coefficient (Wildman–Crippen LogP) is 3.92. The second kappa shape index (κ2) is 3.62. The zero-order valence-corrected chi connectivity index (χ0v) is 9.76. The zero-order chi connectivity index (χ0) is 10.1. The number of hydrogen-bond donors (Lipinski definition) is 0. The van der Waals surface area contributed by atoms with Gasteiger partial charge in [0.15, 0.2) is 0 Å². The number of aryl methyl sites for hydroxylation is 1. The molecule has 1 nitrogen and oxygen atoms in total. The van der Waals surface area contributed by atoms with Crippen LogP contribution in [0, 0.1) is 6.92 Å². The van der Waals surface area contributed by atoms with Crippen molar-refractivity contribution in [2.24, 2.45) is 0 Å². The molecule has 0 radical (unpaired) electrons. The van der Waals surface area contributed by atoms with Crippen LogP contribution in [0.1, 0.15) is 5.56 Å². The normalized spacial score (nSPS) is 10.5. The average molecular weight is 251 g/mol. The van der Waals surface area contributed by atoms with E-state index in [2.05, 4.69) is 41.1 Å². The summed E-state index contributed by atoms with van der Waals surface area (Å²) in [5.41, 5.74) is 1.27.